The van der Waals surface area contributed by atoms with Crippen LogP contribution in [0.4, 0.5) is 0 Å². The zero-order valence-corrected chi connectivity index (χ0v) is 13.7. The lowest BCUT2D eigenvalue weighted by atomic mass is 9.94. The molecule has 0 saturated heterocycles. The van der Waals surface area contributed by atoms with Crippen molar-refractivity contribution in [1.29, 1.82) is 0 Å². The van der Waals surface area contributed by atoms with Gasteiger partial charge in [0.15, 0.2) is 0 Å². The number of nitrogens with one attached hydrogen (secondary N) is 1. The molecular formula is C18H30N2. The Morgan fingerprint density at radius 2 is 1.80 bits per heavy atom. The molecule has 0 spiro atoms. The molecule has 1 aromatic rings. The van der Waals surface area contributed by atoms with Crippen LogP contribution in [0.15, 0.2) is 24.3 Å². The van der Waals surface area contributed by atoms with Crippen LogP contribution in [-0.2, 0) is 13.0 Å². The number of hydrogen-bond donors (Lipinski definition) is 1. The van der Waals surface area contributed by atoms with Crippen molar-refractivity contribution in [2.75, 3.05) is 13.1 Å². The summed E-state index contributed by atoms with van der Waals surface area (Å²) in [4.78, 5) is 2.64. The van der Waals surface area contributed by atoms with E-state index < -0.39 is 0 Å². The molecule has 20 heavy (non-hydrogen) atoms. The fraction of sp³-hybridized carbons (Fsp3) is 0.667. The molecule has 1 aliphatic heterocycles. The summed E-state index contributed by atoms with van der Waals surface area (Å²) in [6.07, 6.45) is 1.19. The summed E-state index contributed by atoms with van der Waals surface area (Å²) in [7, 11) is 0. The van der Waals surface area contributed by atoms with E-state index in [0.717, 1.165) is 13.1 Å². The zero-order valence-electron chi connectivity index (χ0n) is 13.7. The highest BCUT2D eigenvalue weighted by molar-refractivity contribution is 5.29. The number of hydrogen-bond acceptors (Lipinski definition) is 2. The summed E-state index contributed by atoms with van der Waals surface area (Å²) in [6.45, 7) is 14.8. The van der Waals surface area contributed by atoms with E-state index in [1.54, 1.807) is 0 Å². The van der Waals surface area contributed by atoms with E-state index in [2.05, 4.69) is 69.1 Å². The SMILES string of the molecule is CC(CNC(C)(C)C)C(C)N1CCc2ccccc2C1. The molecule has 1 N–H and O–H groups in total. The molecule has 0 radical (unpaired) electrons. The Hall–Kier alpha value is -0.860. The van der Waals surface area contributed by atoms with Gasteiger partial charge < -0.3 is 5.32 Å². The van der Waals surface area contributed by atoms with Gasteiger partial charge in [0.25, 0.3) is 0 Å². The van der Waals surface area contributed by atoms with Crippen LogP contribution in [-0.4, -0.2) is 29.6 Å². The Labute approximate surface area is 124 Å². The second-order valence-electron chi connectivity index (χ2n) is 7.34. The van der Waals surface area contributed by atoms with Crippen molar-refractivity contribution in [3.05, 3.63) is 35.4 Å². The van der Waals surface area contributed by atoms with Gasteiger partial charge >= 0.3 is 0 Å². The molecule has 0 amide bonds. The summed E-state index contributed by atoms with van der Waals surface area (Å²) in [5.74, 6) is 0.666. The lowest BCUT2D eigenvalue weighted by Gasteiger charge is -2.37. The Morgan fingerprint density at radius 3 is 2.45 bits per heavy atom. The van der Waals surface area contributed by atoms with Crippen LogP contribution in [0.2, 0.25) is 0 Å². The molecule has 2 rings (SSSR count). The van der Waals surface area contributed by atoms with Crippen molar-refractivity contribution in [2.24, 2.45) is 5.92 Å². The molecule has 2 nitrogen and oxygen atoms in total. The van der Waals surface area contributed by atoms with Gasteiger partial charge in [0.2, 0.25) is 0 Å². The lowest BCUT2D eigenvalue weighted by Crippen LogP contribution is -2.46. The molecule has 0 fully saturated rings. The van der Waals surface area contributed by atoms with Gasteiger partial charge in [0, 0.05) is 24.7 Å². The van der Waals surface area contributed by atoms with Gasteiger partial charge in [-0.3, -0.25) is 4.90 Å². The Morgan fingerprint density at radius 1 is 1.15 bits per heavy atom. The molecule has 2 heteroatoms. The van der Waals surface area contributed by atoms with E-state index in [4.69, 9.17) is 0 Å². The van der Waals surface area contributed by atoms with Crippen LogP contribution in [0, 0.1) is 5.92 Å². The summed E-state index contributed by atoms with van der Waals surface area (Å²) in [6, 6.07) is 9.51. The third kappa shape index (κ3) is 4.07. The van der Waals surface area contributed by atoms with Crippen molar-refractivity contribution < 1.29 is 0 Å². The van der Waals surface area contributed by atoms with Crippen LogP contribution < -0.4 is 5.32 Å². The predicted molar refractivity (Wildman–Crippen MR) is 86.9 cm³/mol. The third-order valence-electron chi connectivity index (χ3n) is 4.51. The second kappa shape index (κ2) is 6.28. The van der Waals surface area contributed by atoms with Crippen molar-refractivity contribution in [1.82, 2.24) is 10.2 Å². The fourth-order valence-electron chi connectivity index (χ4n) is 2.86. The first kappa shape index (κ1) is 15.5. The quantitative estimate of drug-likeness (QED) is 0.904. The molecular weight excluding hydrogens is 244 g/mol. The monoisotopic (exact) mass is 274 g/mol. The van der Waals surface area contributed by atoms with E-state index in [9.17, 15) is 0 Å². The van der Waals surface area contributed by atoms with Crippen molar-refractivity contribution in [2.45, 2.75) is 59.2 Å². The molecule has 2 unspecified atom stereocenters. The van der Waals surface area contributed by atoms with Gasteiger partial charge in [-0.15, -0.1) is 0 Å². The molecule has 0 aromatic heterocycles. The molecule has 1 aromatic carbocycles. The molecule has 0 saturated carbocycles. The van der Waals surface area contributed by atoms with Crippen LogP contribution in [0.3, 0.4) is 0 Å². The highest BCUT2D eigenvalue weighted by Crippen LogP contribution is 2.22. The Bertz CT molecular complexity index is 433. The second-order valence-corrected chi connectivity index (χ2v) is 7.34. The standard InChI is InChI=1S/C18H30N2/c1-14(12-19-18(3,4)5)15(2)20-11-10-16-8-6-7-9-17(16)13-20/h6-9,14-15,19H,10-13H2,1-5H3. The van der Waals surface area contributed by atoms with Crippen LogP contribution in [0.1, 0.15) is 45.7 Å². The minimum Gasteiger partial charge on any atom is -0.312 e. The molecule has 112 valence electrons. The first-order valence-electron chi connectivity index (χ1n) is 7.92. The van der Waals surface area contributed by atoms with Crippen molar-refractivity contribution >= 4 is 0 Å². The summed E-state index contributed by atoms with van der Waals surface area (Å²) < 4.78 is 0. The van der Waals surface area contributed by atoms with Gasteiger partial charge in [-0.25, -0.2) is 0 Å². The van der Waals surface area contributed by atoms with Crippen molar-refractivity contribution in [3.8, 4) is 0 Å². The number of rotatable bonds is 4. The van der Waals surface area contributed by atoms with Crippen molar-refractivity contribution in [3.63, 3.8) is 0 Å². The minimum atomic E-state index is 0.211. The summed E-state index contributed by atoms with van der Waals surface area (Å²) >= 11 is 0. The third-order valence-corrected chi connectivity index (χ3v) is 4.51. The molecule has 0 bridgehead atoms. The number of nitrogens with zero attached hydrogens (tertiary/aromatic N) is 1. The maximum absolute atomic E-state index is 3.63. The average Bonchev–Trinajstić information content (AvgIpc) is 2.42. The molecule has 1 heterocycles. The van der Waals surface area contributed by atoms with Gasteiger partial charge in [-0.2, -0.15) is 0 Å². The van der Waals surface area contributed by atoms with Crippen LogP contribution in [0.5, 0.6) is 0 Å². The van der Waals surface area contributed by atoms with E-state index in [1.807, 2.05) is 0 Å². The van der Waals surface area contributed by atoms with Gasteiger partial charge in [-0.1, -0.05) is 31.2 Å². The smallest absolute Gasteiger partial charge is 0.0239 e. The Kier molecular flexibility index (Phi) is 4.87. The predicted octanol–water partition coefficient (Wildman–Crippen LogP) is 3.46. The number of benzene rings is 1. The summed E-state index contributed by atoms with van der Waals surface area (Å²) in [5.41, 5.74) is 3.26. The van der Waals surface area contributed by atoms with E-state index in [0.29, 0.717) is 12.0 Å². The maximum atomic E-state index is 3.63. The van der Waals surface area contributed by atoms with Crippen LogP contribution in [0.25, 0.3) is 0 Å². The largest absolute Gasteiger partial charge is 0.312 e. The average molecular weight is 274 g/mol. The summed E-state index contributed by atoms with van der Waals surface area (Å²) in [5, 5.41) is 3.63. The van der Waals surface area contributed by atoms with Gasteiger partial charge in [-0.05, 0) is 57.7 Å². The van der Waals surface area contributed by atoms with E-state index in [1.165, 1.54) is 24.1 Å². The topological polar surface area (TPSA) is 15.3 Å². The minimum absolute atomic E-state index is 0.211. The van der Waals surface area contributed by atoms with Crippen LogP contribution >= 0.6 is 0 Å². The number of fused-ring (bicyclic) bond motifs is 1. The van der Waals surface area contributed by atoms with E-state index in [-0.39, 0.29) is 5.54 Å². The zero-order chi connectivity index (χ0) is 14.8. The van der Waals surface area contributed by atoms with E-state index >= 15 is 0 Å². The van der Waals surface area contributed by atoms with Gasteiger partial charge in [0.1, 0.15) is 0 Å². The van der Waals surface area contributed by atoms with Gasteiger partial charge in [0.05, 0.1) is 0 Å². The highest BCUT2D eigenvalue weighted by atomic mass is 15.2. The normalized spacial score (nSPS) is 19.4. The Balaban J connectivity index is 1.92. The molecule has 2 atom stereocenters. The maximum Gasteiger partial charge on any atom is 0.0239 e. The first-order valence-corrected chi connectivity index (χ1v) is 7.92. The highest BCUT2D eigenvalue weighted by Gasteiger charge is 2.24. The fourth-order valence-corrected chi connectivity index (χ4v) is 2.86. The lowest BCUT2D eigenvalue weighted by molar-refractivity contribution is 0.140. The molecule has 1 aliphatic rings. The first-order chi connectivity index (χ1) is 9.37. The molecule has 0 aliphatic carbocycles.